The number of pyridine rings is 1. The third-order valence-electron chi connectivity index (χ3n) is 1.70. The maximum Gasteiger partial charge on any atom is 0.354 e. The Kier molecular flexibility index (Phi) is 2.73. The van der Waals surface area contributed by atoms with Crippen LogP contribution in [0.15, 0.2) is 36.8 Å². The minimum absolute atomic E-state index is 0.0205. The van der Waals surface area contributed by atoms with Gasteiger partial charge < -0.3 is 9.84 Å². The molecule has 0 bridgehead atoms. The molecule has 1 N–H and O–H groups in total. The van der Waals surface area contributed by atoms with E-state index in [1.54, 1.807) is 18.3 Å². The van der Waals surface area contributed by atoms with Gasteiger partial charge in [0.1, 0.15) is 5.75 Å². The third-order valence-corrected chi connectivity index (χ3v) is 1.70. The third kappa shape index (κ3) is 2.30. The Morgan fingerprint density at radius 3 is 2.88 bits per heavy atom. The zero-order valence-corrected chi connectivity index (χ0v) is 8.07. The van der Waals surface area contributed by atoms with E-state index in [0.717, 1.165) is 0 Å². The Morgan fingerprint density at radius 1 is 1.31 bits per heavy atom. The number of hydrogen-bond acceptors (Lipinski definition) is 5. The second-order valence-corrected chi connectivity index (χ2v) is 2.82. The van der Waals surface area contributed by atoms with Gasteiger partial charge in [-0.25, -0.2) is 9.78 Å². The maximum atomic E-state index is 10.6. The number of aromatic nitrogens is 3. The predicted octanol–water partition coefficient (Wildman–Crippen LogP) is 1.36. The summed E-state index contributed by atoms with van der Waals surface area (Å²) in [5, 5.41) is 8.72. The average molecular weight is 217 g/mol. The molecule has 0 aliphatic heterocycles. The first kappa shape index (κ1) is 10.0. The van der Waals surface area contributed by atoms with Gasteiger partial charge in [-0.15, -0.1) is 0 Å². The molecule has 6 heteroatoms. The molecular weight excluding hydrogens is 210 g/mol. The van der Waals surface area contributed by atoms with Crippen molar-refractivity contribution in [1.29, 1.82) is 0 Å². The molecule has 6 nitrogen and oxygen atoms in total. The summed E-state index contributed by atoms with van der Waals surface area (Å²) in [6, 6.07) is 4.63. The Bertz CT molecular complexity index is 502. The van der Waals surface area contributed by atoms with Crippen LogP contribution < -0.4 is 4.74 Å². The average Bonchev–Trinajstić information content (AvgIpc) is 2.30. The standard InChI is InChI=1S/C10H7N3O3/c14-9(15)8-3-5-12-10(13-8)16-7-2-1-4-11-6-7/h1-6H,(H,14,15). The smallest absolute Gasteiger partial charge is 0.354 e. The SMILES string of the molecule is O=C(O)c1ccnc(Oc2cccnc2)n1. The van der Waals surface area contributed by atoms with E-state index < -0.39 is 5.97 Å². The number of rotatable bonds is 3. The van der Waals surface area contributed by atoms with Crippen molar-refractivity contribution < 1.29 is 14.6 Å². The summed E-state index contributed by atoms with van der Waals surface area (Å²) < 4.78 is 5.22. The van der Waals surface area contributed by atoms with Crippen LogP contribution >= 0.6 is 0 Å². The predicted molar refractivity (Wildman–Crippen MR) is 53.3 cm³/mol. The Hall–Kier alpha value is -2.50. The summed E-state index contributed by atoms with van der Waals surface area (Å²) in [6.45, 7) is 0. The minimum atomic E-state index is -1.13. The van der Waals surface area contributed by atoms with E-state index in [9.17, 15) is 4.79 Å². The van der Waals surface area contributed by atoms with Crippen LogP contribution in [0.25, 0.3) is 0 Å². The molecule has 2 aromatic heterocycles. The maximum absolute atomic E-state index is 10.6. The van der Waals surface area contributed by atoms with Crippen molar-refractivity contribution in [2.45, 2.75) is 0 Å². The van der Waals surface area contributed by atoms with Gasteiger partial charge in [0.05, 0.1) is 6.20 Å². The number of carboxylic acids is 1. The molecule has 0 aliphatic rings. The van der Waals surface area contributed by atoms with E-state index in [-0.39, 0.29) is 11.7 Å². The molecule has 0 saturated heterocycles. The van der Waals surface area contributed by atoms with Crippen molar-refractivity contribution in [3.8, 4) is 11.8 Å². The zero-order chi connectivity index (χ0) is 11.4. The highest BCUT2D eigenvalue weighted by Crippen LogP contribution is 2.15. The normalized spacial score (nSPS) is 9.75. The highest BCUT2D eigenvalue weighted by molar-refractivity contribution is 5.85. The van der Waals surface area contributed by atoms with E-state index in [2.05, 4.69) is 15.0 Å². The fourth-order valence-electron chi connectivity index (χ4n) is 1.02. The first-order valence-corrected chi connectivity index (χ1v) is 4.40. The highest BCUT2D eigenvalue weighted by atomic mass is 16.5. The van der Waals surface area contributed by atoms with Crippen LogP contribution in [-0.4, -0.2) is 26.0 Å². The number of nitrogens with zero attached hydrogens (tertiary/aromatic N) is 3. The van der Waals surface area contributed by atoms with Crippen molar-refractivity contribution in [2.24, 2.45) is 0 Å². The summed E-state index contributed by atoms with van der Waals surface area (Å²) in [5.41, 5.74) is -0.117. The Morgan fingerprint density at radius 2 is 2.19 bits per heavy atom. The van der Waals surface area contributed by atoms with Crippen LogP contribution in [0.3, 0.4) is 0 Å². The van der Waals surface area contributed by atoms with Gasteiger partial charge >= 0.3 is 12.0 Å². The number of carbonyl (C=O) groups is 1. The second kappa shape index (κ2) is 4.35. The van der Waals surface area contributed by atoms with Crippen LogP contribution in [0, 0.1) is 0 Å². The minimum Gasteiger partial charge on any atom is -0.477 e. The van der Waals surface area contributed by atoms with Crippen LogP contribution in [0.1, 0.15) is 10.5 Å². The van der Waals surface area contributed by atoms with Gasteiger partial charge in [0, 0.05) is 12.4 Å². The highest BCUT2D eigenvalue weighted by Gasteiger charge is 2.07. The van der Waals surface area contributed by atoms with Crippen molar-refractivity contribution in [1.82, 2.24) is 15.0 Å². The topological polar surface area (TPSA) is 85.2 Å². The Labute approximate surface area is 90.6 Å². The molecule has 80 valence electrons. The molecule has 0 saturated carbocycles. The molecule has 2 rings (SSSR count). The van der Waals surface area contributed by atoms with Gasteiger partial charge in [0.15, 0.2) is 5.69 Å². The van der Waals surface area contributed by atoms with Crippen molar-refractivity contribution in [3.63, 3.8) is 0 Å². The van der Waals surface area contributed by atoms with Gasteiger partial charge in [-0.05, 0) is 18.2 Å². The van der Waals surface area contributed by atoms with Gasteiger partial charge in [-0.3, -0.25) is 4.98 Å². The molecule has 0 atom stereocenters. The first-order chi connectivity index (χ1) is 7.75. The second-order valence-electron chi connectivity index (χ2n) is 2.82. The molecule has 0 spiro atoms. The summed E-state index contributed by atoms with van der Waals surface area (Å²) >= 11 is 0. The quantitative estimate of drug-likeness (QED) is 0.835. The molecule has 0 fully saturated rings. The summed E-state index contributed by atoms with van der Waals surface area (Å²) in [5.74, 6) is -0.677. The number of aromatic carboxylic acids is 1. The van der Waals surface area contributed by atoms with Crippen molar-refractivity contribution in [3.05, 3.63) is 42.5 Å². The molecular formula is C10H7N3O3. The van der Waals surface area contributed by atoms with Gasteiger partial charge in [0.25, 0.3) is 0 Å². The zero-order valence-electron chi connectivity index (χ0n) is 8.07. The van der Waals surface area contributed by atoms with Gasteiger partial charge in [0.2, 0.25) is 0 Å². The van der Waals surface area contributed by atoms with Crippen molar-refractivity contribution in [2.75, 3.05) is 0 Å². The number of carboxylic acid groups (broad SMARTS) is 1. The van der Waals surface area contributed by atoms with Gasteiger partial charge in [-0.2, -0.15) is 4.98 Å². The summed E-state index contributed by atoms with van der Waals surface area (Å²) in [6.07, 6.45) is 4.40. The molecule has 0 aromatic carbocycles. The van der Waals surface area contributed by atoms with E-state index in [0.29, 0.717) is 5.75 Å². The molecule has 16 heavy (non-hydrogen) atoms. The summed E-state index contributed by atoms with van der Waals surface area (Å²) in [7, 11) is 0. The van der Waals surface area contributed by atoms with E-state index in [1.165, 1.54) is 18.5 Å². The largest absolute Gasteiger partial charge is 0.477 e. The molecule has 0 unspecified atom stereocenters. The van der Waals surface area contributed by atoms with Crippen LogP contribution in [0.4, 0.5) is 0 Å². The lowest BCUT2D eigenvalue weighted by molar-refractivity contribution is 0.0689. The van der Waals surface area contributed by atoms with Crippen LogP contribution in [-0.2, 0) is 0 Å². The van der Waals surface area contributed by atoms with Crippen LogP contribution in [0.2, 0.25) is 0 Å². The van der Waals surface area contributed by atoms with E-state index >= 15 is 0 Å². The fraction of sp³-hybridized carbons (Fsp3) is 0. The molecule has 0 radical (unpaired) electrons. The van der Waals surface area contributed by atoms with E-state index in [4.69, 9.17) is 9.84 Å². The lowest BCUT2D eigenvalue weighted by Crippen LogP contribution is -2.02. The lowest BCUT2D eigenvalue weighted by atomic mass is 10.4. The fourth-order valence-corrected chi connectivity index (χ4v) is 1.02. The number of hydrogen-bond donors (Lipinski definition) is 1. The summed E-state index contributed by atoms with van der Waals surface area (Å²) in [4.78, 5) is 22.0. The van der Waals surface area contributed by atoms with Crippen molar-refractivity contribution >= 4 is 5.97 Å². The lowest BCUT2D eigenvalue weighted by Gasteiger charge is -2.02. The monoisotopic (exact) mass is 217 g/mol. The molecule has 2 aromatic rings. The molecule has 2 heterocycles. The molecule has 0 aliphatic carbocycles. The first-order valence-electron chi connectivity index (χ1n) is 4.40. The van der Waals surface area contributed by atoms with Gasteiger partial charge in [-0.1, -0.05) is 0 Å². The Balaban J connectivity index is 2.22. The van der Waals surface area contributed by atoms with Crippen LogP contribution in [0.5, 0.6) is 11.8 Å². The number of ether oxygens (including phenoxy) is 1. The van der Waals surface area contributed by atoms with E-state index in [1.807, 2.05) is 0 Å². The molecule has 0 amide bonds.